The molecule has 0 bridgehead atoms. The summed E-state index contributed by atoms with van der Waals surface area (Å²) in [6.07, 6.45) is 0. The highest BCUT2D eigenvalue weighted by Crippen LogP contribution is 2.07. The normalized spacial score (nSPS) is 8.87. The van der Waals surface area contributed by atoms with Gasteiger partial charge in [-0.3, -0.25) is 4.79 Å². The van der Waals surface area contributed by atoms with E-state index in [1.807, 2.05) is 0 Å². The third kappa shape index (κ3) is 3.79. The Kier molecular flexibility index (Phi) is 3.83. The van der Waals surface area contributed by atoms with Gasteiger partial charge in [0.2, 0.25) is 10.9 Å². The van der Waals surface area contributed by atoms with Crippen molar-refractivity contribution in [2.45, 2.75) is 6.92 Å². The zero-order valence-corrected chi connectivity index (χ0v) is 8.72. The standard InChI is InChI=1S/C9H8N2O3S/c1-6(12)10-4-2-3-7-5-15-8(11-7)9(13)14/h5H,4H2,1H3,(H,10,12)(H,13,14). The largest absolute Gasteiger partial charge is 0.476 e. The van der Waals surface area contributed by atoms with E-state index in [9.17, 15) is 9.59 Å². The summed E-state index contributed by atoms with van der Waals surface area (Å²) >= 11 is 1.02. The van der Waals surface area contributed by atoms with E-state index in [0.717, 1.165) is 11.3 Å². The molecule has 0 aliphatic rings. The highest BCUT2D eigenvalue weighted by Gasteiger charge is 2.06. The molecule has 0 aromatic carbocycles. The lowest BCUT2D eigenvalue weighted by atomic mass is 10.4. The number of amides is 1. The van der Waals surface area contributed by atoms with Crippen LogP contribution in [0.15, 0.2) is 5.38 Å². The average molecular weight is 224 g/mol. The average Bonchev–Trinajstić information content (AvgIpc) is 2.60. The maximum atomic E-state index is 10.5. The van der Waals surface area contributed by atoms with Gasteiger partial charge in [-0.2, -0.15) is 0 Å². The Balaban J connectivity index is 2.56. The van der Waals surface area contributed by atoms with Crippen LogP contribution in [0, 0.1) is 11.8 Å². The summed E-state index contributed by atoms with van der Waals surface area (Å²) in [4.78, 5) is 24.7. The summed E-state index contributed by atoms with van der Waals surface area (Å²) in [5.41, 5.74) is 0.405. The number of aromatic nitrogens is 1. The lowest BCUT2D eigenvalue weighted by Gasteiger charge is -1.90. The molecule has 0 radical (unpaired) electrons. The van der Waals surface area contributed by atoms with E-state index in [0.29, 0.717) is 5.69 Å². The van der Waals surface area contributed by atoms with Crippen LogP contribution in [-0.4, -0.2) is 28.5 Å². The van der Waals surface area contributed by atoms with Crippen LogP contribution in [0.5, 0.6) is 0 Å². The molecule has 2 N–H and O–H groups in total. The molecule has 0 aliphatic carbocycles. The van der Waals surface area contributed by atoms with E-state index in [-0.39, 0.29) is 17.5 Å². The van der Waals surface area contributed by atoms with E-state index < -0.39 is 5.97 Å². The zero-order chi connectivity index (χ0) is 11.3. The number of rotatable bonds is 2. The van der Waals surface area contributed by atoms with Crippen molar-refractivity contribution in [3.05, 3.63) is 16.1 Å². The first-order valence-electron chi connectivity index (χ1n) is 4.01. The molecule has 0 saturated heterocycles. The number of hydrogen-bond donors (Lipinski definition) is 2. The van der Waals surface area contributed by atoms with Gasteiger partial charge in [-0.25, -0.2) is 9.78 Å². The maximum absolute atomic E-state index is 10.5. The smallest absolute Gasteiger partial charge is 0.365 e. The van der Waals surface area contributed by atoms with Gasteiger partial charge < -0.3 is 10.4 Å². The quantitative estimate of drug-likeness (QED) is 0.709. The zero-order valence-electron chi connectivity index (χ0n) is 7.90. The van der Waals surface area contributed by atoms with Gasteiger partial charge in [0.1, 0.15) is 5.69 Å². The fourth-order valence-corrected chi connectivity index (χ4v) is 1.32. The van der Waals surface area contributed by atoms with Crippen LogP contribution >= 0.6 is 11.3 Å². The summed E-state index contributed by atoms with van der Waals surface area (Å²) in [5, 5.41) is 12.6. The number of hydrogen-bond acceptors (Lipinski definition) is 4. The fraction of sp³-hybridized carbons (Fsp3) is 0.222. The van der Waals surface area contributed by atoms with Crippen molar-refractivity contribution in [1.29, 1.82) is 0 Å². The van der Waals surface area contributed by atoms with Crippen molar-refractivity contribution in [2.75, 3.05) is 6.54 Å². The Morgan fingerprint density at radius 2 is 2.40 bits per heavy atom. The van der Waals surface area contributed by atoms with E-state index in [2.05, 4.69) is 22.1 Å². The highest BCUT2D eigenvalue weighted by molar-refractivity contribution is 7.11. The second-order valence-corrected chi connectivity index (χ2v) is 3.41. The maximum Gasteiger partial charge on any atom is 0.365 e. The van der Waals surface area contributed by atoms with E-state index in [1.165, 1.54) is 6.92 Å². The van der Waals surface area contributed by atoms with Crippen molar-refractivity contribution in [3.63, 3.8) is 0 Å². The van der Waals surface area contributed by atoms with Crippen LogP contribution < -0.4 is 5.32 Å². The number of carbonyl (C=O) groups is 2. The number of nitrogens with zero attached hydrogens (tertiary/aromatic N) is 1. The van der Waals surface area contributed by atoms with Gasteiger partial charge in [0.05, 0.1) is 6.54 Å². The monoisotopic (exact) mass is 224 g/mol. The van der Waals surface area contributed by atoms with Gasteiger partial charge in [0.15, 0.2) is 0 Å². The van der Waals surface area contributed by atoms with Crippen LogP contribution in [0.1, 0.15) is 22.4 Å². The molecule has 1 heterocycles. The Hall–Kier alpha value is -1.87. The molecular formula is C9H8N2O3S. The fourth-order valence-electron chi connectivity index (χ4n) is 0.733. The number of carboxylic acids is 1. The van der Waals surface area contributed by atoms with Crippen LogP contribution in [0.25, 0.3) is 0 Å². The molecule has 1 aromatic rings. The number of thiazole rings is 1. The molecule has 0 fully saturated rings. The van der Waals surface area contributed by atoms with Gasteiger partial charge in [0.25, 0.3) is 0 Å². The van der Waals surface area contributed by atoms with Crippen LogP contribution in [0.3, 0.4) is 0 Å². The molecule has 78 valence electrons. The first-order valence-corrected chi connectivity index (χ1v) is 4.89. The van der Waals surface area contributed by atoms with Crippen LogP contribution in [-0.2, 0) is 4.79 Å². The topological polar surface area (TPSA) is 79.3 Å². The van der Waals surface area contributed by atoms with Crippen LogP contribution in [0.2, 0.25) is 0 Å². The van der Waals surface area contributed by atoms with Gasteiger partial charge in [0, 0.05) is 12.3 Å². The molecule has 0 unspecified atom stereocenters. The van der Waals surface area contributed by atoms with Crippen molar-refractivity contribution in [2.24, 2.45) is 0 Å². The predicted molar refractivity (Wildman–Crippen MR) is 54.6 cm³/mol. The molecule has 5 nitrogen and oxygen atoms in total. The molecule has 1 aromatic heterocycles. The first kappa shape index (κ1) is 11.2. The molecule has 1 rings (SSSR count). The van der Waals surface area contributed by atoms with E-state index >= 15 is 0 Å². The predicted octanol–water partition coefficient (Wildman–Crippen LogP) is 0.329. The Labute approximate surface area is 90.1 Å². The number of carboxylic acid groups (broad SMARTS) is 1. The SMILES string of the molecule is CC(=O)NCC#Cc1csc(C(=O)O)n1. The molecule has 1 amide bonds. The minimum Gasteiger partial charge on any atom is -0.476 e. The van der Waals surface area contributed by atoms with Crippen LogP contribution in [0.4, 0.5) is 0 Å². The van der Waals surface area contributed by atoms with Gasteiger partial charge in [-0.05, 0) is 5.92 Å². The second kappa shape index (κ2) is 5.12. The lowest BCUT2D eigenvalue weighted by Crippen LogP contribution is -2.19. The molecule has 6 heteroatoms. The van der Waals surface area contributed by atoms with Gasteiger partial charge >= 0.3 is 5.97 Å². The van der Waals surface area contributed by atoms with Crippen molar-refractivity contribution < 1.29 is 14.7 Å². The summed E-state index contributed by atoms with van der Waals surface area (Å²) in [6, 6.07) is 0. The second-order valence-electron chi connectivity index (χ2n) is 2.55. The summed E-state index contributed by atoms with van der Waals surface area (Å²) in [6.45, 7) is 1.63. The highest BCUT2D eigenvalue weighted by atomic mass is 32.1. The van der Waals surface area contributed by atoms with Gasteiger partial charge in [-0.15, -0.1) is 11.3 Å². The Morgan fingerprint density at radius 3 is 2.93 bits per heavy atom. The molecule has 0 saturated carbocycles. The third-order valence-electron chi connectivity index (χ3n) is 1.33. The minimum atomic E-state index is -1.06. The Bertz CT molecular complexity index is 442. The van der Waals surface area contributed by atoms with E-state index in [4.69, 9.17) is 5.11 Å². The van der Waals surface area contributed by atoms with E-state index in [1.54, 1.807) is 5.38 Å². The molecule has 15 heavy (non-hydrogen) atoms. The van der Waals surface area contributed by atoms with Crippen molar-refractivity contribution >= 4 is 23.2 Å². The van der Waals surface area contributed by atoms with Crippen molar-refractivity contribution in [1.82, 2.24) is 10.3 Å². The molecular weight excluding hydrogens is 216 g/mol. The van der Waals surface area contributed by atoms with Crippen molar-refractivity contribution in [3.8, 4) is 11.8 Å². The summed E-state index contributed by atoms with van der Waals surface area (Å²) in [5.74, 6) is 4.08. The lowest BCUT2D eigenvalue weighted by molar-refractivity contribution is -0.118. The number of nitrogens with one attached hydrogen (secondary N) is 1. The number of aromatic carboxylic acids is 1. The molecule has 0 atom stereocenters. The third-order valence-corrected chi connectivity index (χ3v) is 2.16. The molecule has 0 aliphatic heterocycles. The Morgan fingerprint density at radius 1 is 1.67 bits per heavy atom. The number of carbonyl (C=O) groups excluding carboxylic acids is 1. The first-order chi connectivity index (χ1) is 7.09. The summed E-state index contributed by atoms with van der Waals surface area (Å²) < 4.78 is 0. The molecule has 0 spiro atoms. The van der Waals surface area contributed by atoms with Gasteiger partial charge in [-0.1, -0.05) is 5.92 Å². The summed E-state index contributed by atoms with van der Waals surface area (Å²) in [7, 11) is 0. The minimum absolute atomic E-state index is 0.0128.